The first-order chi connectivity index (χ1) is 8.93. The molecule has 1 aliphatic heterocycles. The maximum atomic E-state index is 5.51. The average Bonchev–Trinajstić information content (AvgIpc) is 2.46. The first-order valence-electron chi connectivity index (χ1n) is 5.69. The van der Waals surface area contributed by atoms with E-state index in [0.717, 1.165) is 33.3 Å². The third kappa shape index (κ3) is 1.20. The largest absolute Gasteiger partial charge is 0.381 e. The van der Waals surface area contributed by atoms with Gasteiger partial charge in [-0.25, -0.2) is 5.48 Å². The first-order valence-corrected chi connectivity index (χ1v) is 5.69. The van der Waals surface area contributed by atoms with Crippen molar-refractivity contribution in [1.82, 2.24) is 10.2 Å². The SMILES string of the molecule is c1ccc2c(c1)ONc1ccc3cnncc3c1-2. The molecular formula is C14H9N3O. The van der Waals surface area contributed by atoms with Gasteiger partial charge in [0, 0.05) is 21.9 Å². The van der Waals surface area contributed by atoms with Crippen LogP contribution in [0.5, 0.6) is 5.75 Å². The fraction of sp³-hybridized carbons (Fsp3) is 0. The molecule has 18 heavy (non-hydrogen) atoms. The van der Waals surface area contributed by atoms with Crippen molar-refractivity contribution in [3.05, 3.63) is 48.8 Å². The predicted molar refractivity (Wildman–Crippen MR) is 69.2 cm³/mol. The van der Waals surface area contributed by atoms with Crippen LogP contribution in [0, 0.1) is 0 Å². The van der Waals surface area contributed by atoms with Crippen LogP contribution in [0.3, 0.4) is 0 Å². The molecule has 86 valence electrons. The molecular weight excluding hydrogens is 226 g/mol. The molecule has 1 N–H and O–H groups in total. The van der Waals surface area contributed by atoms with E-state index in [1.54, 1.807) is 12.4 Å². The number of nitrogens with one attached hydrogen (secondary N) is 1. The van der Waals surface area contributed by atoms with E-state index in [1.807, 2.05) is 30.3 Å². The number of aromatic nitrogens is 2. The van der Waals surface area contributed by atoms with Crippen molar-refractivity contribution >= 4 is 16.5 Å². The topological polar surface area (TPSA) is 47.0 Å². The summed E-state index contributed by atoms with van der Waals surface area (Å²) in [4.78, 5) is 5.51. The van der Waals surface area contributed by atoms with Crippen LogP contribution in [-0.4, -0.2) is 10.2 Å². The molecule has 0 unspecified atom stereocenters. The Morgan fingerprint density at radius 2 is 1.83 bits per heavy atom. The van der Waals surface area contributed by atoms with Gasteiger partial charge in [-0.05, 0) is 12.1 Å². The molecule has 0 saturated carbocycles. The highest BCUT2D eigenvalue weighted by Gasteiger charge is 2.19. The van der Waals surface area contributed by atoms with Gasteiger partial charge in [0.15, 0.2) is 5.75 Å². The Morgan fingerprint density at radius 3 is 2.83 bits per heavy atom. The highest BCUT2D eigenvalue weighted by Crippen LogP contribution is 2.42. The summed E-state index contributed by atoms with van der Waals surface area (Å²) in [6.07, 6.45) is 3.56. The van der Waals surface area contributed by atoms with Crippen LogP contribution in [0.25, 0.3) is 21.9 Å². The lowest BCUT2D eigenvalue weighted by atomic mass is 9.97. The molecule has 0 fully saturated rings. The van der Waals surface area contributed by atoms with E-state index in [1.165, 1.54) is 0 Å². The Labute approximate surface area is 103 Å². The minimum atomic E-state index is 0.828. The Kier molecular flexibility index (Phi) is 1.80. The number of benzene rings is 2. The monoisotopic (exact) mass is 235 g/mol. The number of hydrogen-bond donors (Lipinski definition) is 1. The van der Waals surface area contributed by atoms with E-state index in [4.69, 9.17) is 4.84 Å². The number of para-hydroxylation sites is 1. The molecule has 0 bridgehead atoms. The minimum absolute atomic E-state index is 0.828. The van der Waals surface area contributed by atoms with Gasteiger partial charge in [-0.3, -0.25) is 0 Å². The molecule has 0 saturated heterocycles. The maximum Gasteiger partial charge on any atom is 0.162 e. The van der Waals surface area contributed by atoms with E-state index in [0.29, 0.717) is 0 Å². The maximum absolute atomic E-state index is 5.51. The first kappa shape index (κ1) is 9.41. The van der Waals surface area contributed by atoms with Crippen LogP contribution >= 0.6 is 0 Å². The van der Waals surface area contributed by atoms with Crippen molar-refractivity contribution in [2.24, 2.45) is 0 Å². The zero-order valence-corrected chi connectivity index (χ0v) is 9.42. The summed E-state index contributed by atoms with van der Waals surface area (Å²) in [5.74, 6) is 0.828. The number of fused-ring (bicyclic) bond motifs is 5. The van der Waals surface area contributed by atoms with Gasteiger partial charge in [-0.1, -0.05) is 24.3 Å². The van der Waals surface area contributed by atoms with Gasteiger partial charge in [0.1, 0.15) is 0 Å². The molecule has 2 heterocycles. The summed E-state index contributed by atoms with van der Waals surface area (Å²) < 4.78 is 0. The van der Waals surface area contributed by atoms with Crippen LogP contribution in [-0.2, 0) is 0 Å². The Hall–Kier alpha value is -2.62. The van der Waals surface area contributed by atoms with Crippen molar-refractivity contribution < 1.29 is 4.84 Å². The molecule has 4 rings (SSSR count). The standard InChI is InChI=1S/C14H9N3O/c1-2-4-13-10(3-1)14-11-8-16-15-7-9(11)5-6-12(14)17-18-13/h1-8,17H. The number of anilines is 1. The lowest BCUT2D eigenvalue weighted by molar-refractivity contribution is 0.402. The molecule has 4 heteroatoms. The van der Waals surface area contributed by atoms with Crippen LogP contribution in [0.2, 0.25) is 0 Å². The number of rotatable bonds is 0. The van der Waals surface area contributed by atoms with Crippen LogP contribution in [0.4, 0.5) is 5.69 Å². The second-order valence-electron chi connectivity index (χ2n) is 4.18. The Morgan fingerprint density at radius 1 is 0.944 bits per heavy atom. The fourth-order valence-electron chi connectivity index (χ4n) is 2.32. The second kappa shape index (κ2) is 3.43. The molecule has 0 radical (unpaired) electrons. The minimum Gasteiger partial charge on any atom is -0.381 e. The fourth-order valence-corrected chi connectivity index (χ4v) is 2.32. The number of nitrogens with zero attached hydrogens (tertiary/aromatic N) is 2. The molecule has 1 aromatic heterocycles. The second-order valence-corrected chi connectivity index (χ2v) is 4.18. The third-order valence-electron chi connectivity index (χ3n) is 3.16. The lowest BCUT2D eigenvalue weighted by Gasteiger charge is -2.22. The van der Waals surface area contributed by atoms with Crippen LogP contribution in [0.1, 0.15) is 0 Å². The van der Waals surface area contributed by atoms with E-state index in [2.05, 4.69) is 21.7 Å². The van der Waals surface area contributed by atoms with Gasteiger partial charge in [0.25, 0.3) is 0 Å². The van der Waals surface area contributed by atoms with E-state index in [-0.39, 0.29) is 0 Å². The molecule has 0 amide bonds. The van der Waals surface area contributed by atoms with E-state index in [9.17, 15) is 0 Å². The molecule has 3 aromatic rings. The predicted octanol–water partition coefficient (Wildman–Crippen LogP) is 3.02. The average molecular weight is 235 g/mol. The van der Waals surface area contributed by atoms with Gasteiger partial charge in [-0.15, -0.1) is 0 Å². The summed E-state index contributed by atoms with van der Waals surface area (Å²) in [6.45, 7) is 0. The number of hydrogen-bond acceptors (Lipinski definition) is 4. The molecule has 1 aliphatic rings. The summed E-state index contributed by atoms with van der Waals surface area (Å²) >= 11 is 0. The van der Waals surface area contributed by atoms with Crippen molar-refractivity contribution in [2.45, 2.75) is 0 Å². The summed E-state index contributed by atoms with van der Waals surface area (Å²) in [5, 5.41) is 10.0. The van der Waals surface area contributed by atoms with Crippen molar-refractivity contribution in [1.29, 1.82) is 0 Å². The quantitative estimate of drug-likeness (QED) is 0.650. The zero-order valence-electron chi connectivity index (χ0n) is 9.42. The van der Waals surface area contributed by atoms with Crippen molar-refractivity contribution in [2.75, 3.05) is 5.48 Å². The van der Waals surface area contributed by atoms with E-state index >= 15 is 0 Å². The van der Waals surface area contributed by atoms with E-state index < -0.39 is 0 Å². The zero-order chi connectivity index (χ0) is 11.9. The van der Waals surface area contributed by atoms with Crippen molar-refractivity contribution in [3.63, 3.8) is 0 Å². The smallest absolute Gasteiger partial charge is 0.162 e. The van der Waals surface area contributed by atoms with Gasteiger partial charge in [-0.2, -0.15) is 10.2 Å². The van der Waals surface area contributed by atoms with Gasteiger partial charge < -0.3 is 4.84 Å². The van der Waals surface area contributed by atoms with Crippen LogP contribution < -0.4 is 10.3 Å². The molecule has 2 aromatic carbocycles. The Bertz CT molecular complexity index is 755. The summed E-state index contributed by atoms with van der Waals surface area (Å²) in [7, 11) is 0. The molecule has 4 nitrogen and oxygen atoms in total. The summed E-state index contributed by atoms with van der Waals surface area (Å²) in [5.41, 5.74) is 6.10. The normalized spacial score (nSPS) is 12.2. The summed E-state index contributed by atoms with van der Waals surface area (Å²) in [6, 6.07) is 12.0. The molecule has 0 spiro atoms. The molecule has 0 atom stereocenters. The van der Waals surface area contributed by atoms with Gasteiger partial charge >= 0.3 is 0 Å². The lowest BCUT2D eigenvalue weighted by Crippen LogP contribution is -2.11. The van der Waals surface area contributed by atoms with Crippen molar-refractivity contribution in [3.8, 4) is 16.9 Å². The van der Waals surface area contributed by atoms with Crippen LogP contribution in [0.15, 0.2) is 48.8 Å². The highest BCUT2D eigenvalue weighted by molar-refractivity contribution is 6.03. The Balaban J connectivity index is 2.15. The van der Waals surface area contributed by atoms with Gasteiger partial charge in [0.05, 0.1) is 18.1 Å². The van der Waals surface area contributed by atoms with Gasteiger partial charge in [0.2, 0.25) is 0 Å². The molecule has 0 aliphatic carbocycles. The highest BCUT2D eigenvalue weighted by atomic mass is 16.6. The third-order valence-corrected chi connectivity index (χ3v) is 3.16.